The molecule has 1 unspecified atom stereocenters. The molecule has 1 heterocycles. The average molecular weight is 491 g/mol. The van der Waals surface area contributed by atoms with Crippen LogP contribution in [-0.2, 0) is 27.8 Å². The molecule has 0 radical (unpaired) electrons. The standard InChI is InChI=1S/C26H26Cl3NO2/c1-2-14-25(20-13-15-30-23(16-20)24(31)32-17-26(27,28)29)21-9-5-3-7-18(21)11-12-19-8-4-6-10-22(19)25/h2-10,16,23,30H,1,11-15,17H2. The lowest BCUT2D eigenvalue weighted by molar-refractivity contribution is -0.144. The molecule has 2 aliphatic rings. The number of carbonyl (C=O) groups excluding carboxylic acids is 1. The number of aryl methyl sites for hydroxylation is 2. The van der Waals surface area contributed by atoms with E-state index in [4.69, 9.17) is 39.5 Å². The zero-order chi connectivity index (χ0) is 22.8. The molecule has 6 heteroatoms. The molecule has 0 saturated carbocycles. The van der Waals surface area contributed by atoms with E-state index in [1.807, 2.05) is 12.2 Å². The third kappa shape index (κ3) is 4.63. The van der Waals surface area contributed by atoms with Crippen LogP contribution in [0.2, 0.25) is 0 Å². The van der Waals surface area contributed by atoms with E-state index < -0.39 is 15.8 Å². The summed E-state index contributed by atoms with van der Waals surface area (Å²) in [6.07, 6.45) is 7.50. The molecule has 3 nitrogen and oxygen atoms in total. The number of alkyl halides is 3. The van der Waals surface area contributed by atoms with E-state index >= 15 is 0 Å². The van der Waals surface area contributed by atoms with Crippen LogP contribution in [0.4, 0.5) is 0 Å². The fourth-order valence-corrected chi connectivity index (χ4v) is 5.26. The molecule has 1 atom stereocenters. The van der Waals surface area contributed by atoms with Gasteiger partial charge in [0.15, 0.2) is 0 Å². The Morgan fingerprint density at radius 3 is 2.22 bits per heavy atom. The number of esters is 1. The number of rotatable bonds is 5. The zero-order valence-corrected chi connectivity index (χ0v) is 20.0. The van der Waals surface area contributed by atoms with Crippen LogP contribution in [0.5, 0.6) is 0 Å². The number of hydrogen-bond donors (Lipinski definition) is 1. The van der Waals surface area contributed by atoms with Gasteiger partial charge in [-0.15, -0.1) is 6.58 Å². The fraction of sp³-hybridized carbons (Fsp3) is 0.346. The number of halogens is 3. The molecule has 32 heavy (non-hydrogen) atoms. The SMILES string of the molecule is C=CCC1(C2=CC(C(=O)OCC(Cl)(Cl)Cl)NCC2)c2ccccc2CCc2ccccc21. The van der Waals surface area contributed by atoms with Gasteiger partial charge in [0.25, 0.3) is 0 Å². The lowest BCUT2D eigenvalue weighted by Crippen LogP contribution is -2.44. The first kappa shape index (κ1) is 23.4. The Labute approximate surface area is 204 Å². The molecule has 1 aliphatic heterocycles. The van der Waals surface area contributed by atoms with Gasteiger partial charge in [-0.25, -0.2) is 0 Å². The number of benzene rings is 2. The largest absolute Gasteiger partial charge is 0.460 e. The van der Waals surface area contributed by atoms with Crippen molar-refractivity contribution < 1.29 is 9.53 Å². The van der Waals surface area contributed by atoms with Crippen LogP contribution in [-0.4, -0.2) is 29.0 Å². The second-order valence-electron chi connectivity index (χ2n) is 8.31. The lowest BCUT2D eigenvalue weighted by Gasteiger charge is -2.41. The summed E-state index contributed by atoms with van der Waals surface area (Å²) in [6.45, 7) is 4.47. The monoisotopic (exact) mass is 489 g/mol. The maximum atomic E-state index is 12.8. The Kier molecular flexibility index (Phi) is 7.02. The van der Waals surface area contributed by atoms with Crippen molar-refractivity contribution in [2.75, 3.05) is 13.2 Å². The summed E-state index contributed by atoms with van der Waals surface area (Å²) < 4.78 is 3.64. The topological polar surface area (TPSA) is 38.3 Å². The molecule has 0 saturated heterocycles. The van der Waals surface area contributed by atoms with E-state index in [0.29, 0.717) is 6.54 Å². The molecule has 0 spiro atoms. The van der Waals surface area contributed by atoms with Crippen molar-refractivity contribution in [1.29, 1.82) is 0 Å². The maximum Gasteiger partial charge on any atom is 0.327 e. The highest BCUT2D eigenvalue weighted by Crippen LogP contribution is 2.49. The van der Waals surface area contributed by atoms with Crippen LogP contribution in [0.25, 0.3) is 0 Å². The third-order valence-electron chi connectivity index (χ3n) is 6.38. The van der Waals surface area contributed by atoms with Gasteiger partial charge in [-0.2, -0.15) is 0 Å². The molecule has 0 aromatic heterocycles. The number of carbonyl (C=O) groups is 1. The van der Waals surface area contributed by atoms with Gasteiger partial charge >= 0.3 is 5.97 Å². The van der Waals surface area contributed by atoms with E-state index in [-0.39, 0.29) is 12.0 Å². The minimum Gasteiger partial charge on any atom is -0.460 e. The van der Waals surface area contributed by atoms with Gasteiger partial charge < -0.3 is 10.1 Å². The Morgan fingerprint density at radius 1 is 1.06 bits per heavy atom. The van der Waals surface area contributed by atoms with Crippen LogP contribution in [0.15, 0.2) is 72.8 Å². The van der Waals surface area contributed by atoms with Gasteiger partial charge in [0.2, 0.25) is 3.79 Å². The Balaban J connectivity index is 1.84. The summed E-state index contributed by atoms with van der Waals surface area (Å²) in [5.41, 5.74) is 6.04. The Hall–Kier alpha value is -1.78. The van der Waals surface area contributed by atoms with Gasteiger partial charge in [-0.05, 0) is 54.5 Å². The number of fused-ring (bicyclic) bond motifs is 2. The van der Waals surface area contributed by atoms with E-state index in [1.165, 1.54) is 27.8 Å². The molecule has 168 valence electrons. The highest BCUT2D eigenvalue weighted by atomic mass is 35.6. The van der Waals surface area contributed by atoms with E-state index in [1.54, 1.807) is 0 Å². The van der Waals surface area contributed by atoms with Crippen molar-refractivity contribution >= 4 is 40.8 Å². The van der Waals surface area contributed by atoms with Crippen molar-refractivity contribution in [2.45, 2.75) is 40.9 Å². The molecular weight excluding hydrogens is 465 g/mol. The first-order chi connectivity index (χ1) is 15.3. The zero-order valence-electron chi connectivity index (χ0n) is 17.8. The number of nitrogens with one attached hydrogen (secondary N) is 1. The van der Waals surface area contributed by atoms with Gasteiger partial charge in [0.05, 0.1) is 0 Å². The summed E-state index contributed by atoms with van der Waals surface area (Å²) in [5.74, 6) is -0.447. The van der Waals surface area contributed by atoms with Crippen molar-refractivity contribution in [3.05, 3.63) is 95.1 Å². The van der Waals surface area contributed by atoms with Gasteiger partial charge in [-0.3, -0.25) is 4.79 Å². The van der Waals surface area contributed by atoms with Crippen molar-refractivity contribution in [1.82, 2.24) is 5.32 Å². The third-order valence-corrected chi connectivity index (χ3v) is 6.70. The molecule has 1 N–H and O–H groups in total. The van der Waals surface area contributed by atoms with Gasteiger partial charge in [0.1, 0.15) is 12.6 Å². The predicted molar refractivity (Wildman–Crippen MR) is 132 cm³/mol. The van der Waals surface area contributed by atoms with Crippen LogP contribution >= 0.6 is 34.8 Å². The molecule has 0 fully saturated rings. The second-order valence-corrected chi connectivity index (χ2v) is 10.8. The van der Waals surface area contributed by atoms with Crippen LogP contribution in [0, 0.1) is 0 Å². The van der Waals surface area contributed by atoms with Crippen LogP contribution < -0.4 is 5.32 Å². The second kappa shape index (κ2) is 9.61. The summed E-state index contributed by atoms with van der Waals surface area (Å²) in [5, 5.41) is 3.24. The molecule has 0 amide bonds. The normalized spacial score (nSPS) is 19.7. The minimum absolute atomic E-state index is 0.290. The summed E-state index contributed by atoms with van der Waals surface area (Å²) in [6, 6.07) is 16.7. The van der Waals surface area contributed by atoms with E-state index in [9.17, 15) is 4.79 Å². The molecule has 1 aliphatic carbocycles. The highest BCUT2D eigenvalue weighted by molar-refractivity contribution is 6.67. The minimum atomic E-state index is -1.64. The van der Waals surface area contributed by atoms with Crippen LogP contribution in [0.1, 0.15) is 35.1 Å². The average Bonchev–Trinajstić information content (AvgIpc) is 2.93. The molecule has 4 rings (SSSR count). The molecule has 0 bridgehead atoms. The summed E-state index contributed by atoms with van der Waals surface area (Å²) in [4.78, 5) is 12.8. The summed E-state index contributed by atoms with van der Waals surface area (Å²) >= 11 is 17.3. The highest BCUT2D eigenvalue weighted by Gasteiger charge is 2.42. The lowest BCUT2D eigenvalue weighted by atomic mass is 9.64. The van der Waals surface area contributed by atoms with Gasteiger partial charge in [0, 0.05) is 5.41 Å². The van der Waals surface area contributed by atoms with Crippen molar-refractivity contribution in [2.24, 2.45) is 0 Å². The predicted octanol–water partition coefficient (Wildman–Crippen LogP) is 5.85. The first-order valence-electron chi connectivity index (χ1n) is 10.8. The quantitative estimate of drug-likeness (QED) is 0.325. The number of hydrogen-bond acceptors (Lipinski definition) is 3. The van der Waals surface area contributed by atoms with E-state index in [2.05, 4.69) is 60.4 Å². The van der Waals surface area contributed by atoms with Crippen LogP contribution in [0.3, 0.4) is 0 Å². The van der Waals surface area contributed by atoms with Crippen molar-refractivity contribution in [3.8, 4) is 0 Å². The fourth-order valence-electron chi connectivity index (χ4n) is 5.09. The Bertz CT molecular complexity index is 994. The maximum absolute atomic E-state index is 12.8. The first-order valence-corrected chi connectivity index (χ1v) is 11.9. The number of allylic oxidation sites excluding steroid dienone is 1. The van der Waals surface area contributed by atoms with E-state index in [0.717, 1.165) is 25.7 Å². The molecule has 2 aromatic rings. The smallest absolute Gasteiger partial charge is 0.327 e. The molecule has 2 aromatic carbocycles. The molecular formula is C26H26Cl3NO2. The van der Waals surface area contributed by atoms with Crippen molar-refractivity contribution in [3.63, 3.8) is 0 Å². The summed E-state index contributed by atoms with van der Waals surface area (Å²) in [7, 11) is 0. The number of ether oxygens (including phenoxy) is 1. The van der Waals surface area contributed by atoms with Gasteiger partial charge in [-0.1, -0.05) is 101 Å². The Morgan fingerprint density at radius 2 is 1.66 bits per heavy atom.